The molecule has 5 nitrogen and oxygen atoms in total. The highest BCUT2D eigenvalue weighted by atomic mass is 16.5. The number of ketones is 1. The first kappa shape index (κ1) is 17.4. The van der Waals surface area contributed by atoms with Crippen LogP contribution in [0.5, 0.6) is 0 Å². The highest BCUT2D eigenvalue weighted by molar-refractivity contribution is 5.99. The van der Waals surface area contributed by atoms with E-state index in [0.717, 1.165) is 49.6 Å². The Morgan fingerprint density at radius 3 is 2.60 bits per heavy atom. The molecule has 0 unspecified atom stereocenters. The number of hydrogen-bond donors (Lipinski definition) is 1. The van der Waals surface area contributed by atoms with Crippen molar-refractivity contribution in [2.45, 2.75) is 26.2 Å². The maximum absolute atomic E-state index is 12.2. The van der Waals surface area contributed by atoms with Crippen molar-refractivity contribution < 1.29 is 9.53 Å². The number of aromatic nitrogens is 1. The van der Waals surface area contributed by atoms with Crippen LogP contribution in [0.4, 0.5) is 0 Å². The number of carbonyl (C=O) groups is 1. The third-order valence-corrected chi connectivity index (χ3v) is 4.90. The van der Waals surface area contributed by atoms with Gasteiger partial charge in [-0.2, -0.15) is 5.26 Å². The molecule has 0 bridgehead atoms. The predicted molar refractivity (Wildman–Crippen MR) is 95.9 cm³/mol. The standard InChI is InChI=1S/C20H23N3O2/c1-14-19(20(24)13-22)11-18(10-15-6-8-25-9-7-15)23(14)17-4-2-16(12-21)3-5-17/h2-5,11,15H,6-10,13,22H2,1H3. The van der Waals surface area contributed by atoms with Crippen molar-refractivity contribution in [2.24, 2.45) is 11.7 Å². The fourth-order valence-electron chi connectivity index (χ4n) is 3.50. The van der Waals surface area contributed by atoms with E-state index in [2.05, 4.69) is 10.6 Å². The third kappa shape index (κ3) is 3.65. The number of benzene rings is 1. The number of nitriles is 1. The minimum Gasteiger partial charge on any atom is -0.381 e. The summed E-state index contributed by atoms with van der Waals surface area (Å²) >= 11 is 0. The van der Waals surface area contributed by atoms with Crippen LogP contribution >= 0.6 is 0 Å². The lowest BCUT2D eigenvalue weighted by atomic mass is 9.94. The first-order valence-electron chi connectivity index (χ1n) is 8.66. The van der Waals surface area contributed by atoms with Crippen LogP contribution in [0, 0.1) is 24.2 Å². The summed E-state index contributed by atoms with van der Waals surface area (Å²) in [6.45, 7) is 3.56. The Hall–Kier alpha value is -2.42. The van der Waals surface area contributed by atoms with Gasteiger partial charge in [-0.15, -0.1) is 0 Å². The summed E-state index contributed by atoms with van der Waals surface area (Å²) in [5.74, 6) is 0.513. The minimum atomic E-state index is -0.0434. The van der Waals surface area contributed by atoms with Gasteiger partial charge in [-0.3, -0.25) is 4.79 Å². The summed E-state index contributed by atoms with van der Waals surface area (Å²) in [6.07, 6.45) is 2.98. The van der Waals surface area contributed by atoms with Gasteiger partial charge < -0.3 is 15.0 Å². The van der Waals surface area contributed by atoms with E-state index in [-0.39, 0.29) is 12.3 Å². The molecule has 5 heteroatoms. The van der Waals surface area contributed by atoms with Crippen molar-refractivity contribution in [1.29, 1.82) is 5.26 Å². The molecule has 0 aliphatic carbocycles. The molecule has 0 atom stereocenters. The molecular formula is C20H23N3O2. The highest BCUT2D eigenvalue weighted by Gasteiger charge is 2.21. The van der Waals surface area contributed by atoms with Gasteiger partial charge in [0, 0.05) is 35.9 Å². The van der Waals surface area contributed by atoms with Crippen molar-refractivity contribution in [3.8, 4) is 11.8 Å². The number of nitrogens with two attached hydrogens (primary N) is 1. The van der Waals surface area contributed by atoms with Gasteiger partial charge in [0.1, 0.15) is 0 Å². The summed E-state index contributed by atoms with van der Waals surface area (Å²) in [5, 5.41) is 9.01. The molecule has 1 aromatic heterocycles. The van der Waals surface area contributed by atoms with Gasteiger partial charge in [0.15, 0.2) is 5.78 Å². The van der Waals surface area contributed by atoms with Crippen molar-refractivity contribution in [1.82, 2.24) is 4.57 Å². The van der Waals surface area contributed by atoms with Gasteiger partial charge in [0.05, 0.1) is 18.2 Å². The molecule has 3 rings (SSSR count). The lowest BCUT2D eigenvalue weighted by Crippen LogP contribution is -2.19. The second-order valence-corrected chi connectivity index (χ2v) is 6.52. The topological polar surface area (TPSA) is 81.0 Å². The van der Waals surface area contributed by atoms with E-state index in [1.807, 2.05) is 25.1 Å². The maximum atomic E-state index is 12.2. The molecule has 0 saturated carbocycles. The van der Waals surface area contributed by atoms with Crippen LogP contribution in [0.15, 0.2) is 30.3 Å². The summed E-state index contributed by atoms with van der Waals surface area (Å²) in [4.78, 5) is 12.2. The Labute approximate surface area is 148 Å². The van der Waals surface area contributed by atoms with E-state index in [1.54, 1.807) is 12.1 Å². The molecule has 2 aromatic rings. The summed E-state index contributed by atoms with van der Waals surface area (Å²) in [6, 6.07) is 11.6. The monoisotopic (exact) mass is 337 g/mol. The Bertz CT molecular complexity index is 794. The first-order valence-corrected chi connectivity index (χ1v) is 8.66. The van der Waals surface area contributed by atoms with Gasteiger partial charge in [-0.25, -0.2) is 0 Å². The van der Waals surface area contributed by atoms with E-state index in [4.69, 9.17) is 15.7 Å². The summed E-state index contributed by atoms with van der Waals surface area (Å²) in [5.41, 5.74) is 9.88. The first-order chi connectivity index (χ1) is 12.1. The second-order valence-electron chi connectivity index (χ2n) is 6.52. The Kier molecular flexibility index (Phi) is 5.32. The molecule has 0 spiro atoms. The van der Waals surface area contributed by atoms with Gasteiger partial charge in [-0.05, 0) is 62.4 Å². The molecule has 1 aliphatic rings. The number of carbonyl (C=O) groups excluding carboxylic acids is 1. The van der Waals surface area contributed by atoms with E-state index in [9.17, 15) is 4.79 Å². The Morgan fingerprint density at radius 1 is 1.32 bits per heavy atom. The van der Waals surface area contributed by atoms with E-state index in [0.29, 0.717) is 17.0 Å². The zero-order valence-corrected chi connectivity index (χ0v) is 14.5. The van der Waals surface area contributed by atoms with Crippen LogP contribution in [-0.2, 0) is 11.2 Å². The minimum absolute atomic E-state index is 0.00886. The third-order valence-electron chi connectivity index (χ3n) is 4.90. The average Bonchev–Trinajstić information content (AvgIpc) is 2.98. The van der Waals surface area contributed by atoms with Gasteiger partial charge in [0.2, 0.25) is 0 Å². The smallest absolute Gasteiger partial charge is 0.178 e. The molecule has 1 saturated heterocycles. The normalized spacial score (nSPS) is 15.1. The van der Waals surface area contributed by atoms with Gasteiger partial charge in [-0.1, -0.05) is 0 Å². The van der Waals surface area contributed by atoms with Crippen molar-refractivity contribution >= 4 is 5.78 Å². The number of nitrogens with zero attached hydrogens (tertiary/aromatic N) is 2. The zero-order chi connectivity index (χ0) is 17.8. The van der Waals surface area contributed by atoms with E-state index < -0.39 is 0 Å². The summed E-state index contributed by atoms with van der Waals surface area (Å²) < 4.78 is 7.58. The Morgan fingerprint density at radius 2 is 2.00 bits per heavy atom. The molecule has 1 aromatic carbocycles. The van der Waals surface area contributed by atoms with Crippen LogP contribution in [0.3, 0.4) is 0 Å². The average molecular weight is 337 g/mol. The second kappa shape index (κ2) is 7.64. The number of hydrogen-bond acceptors (Lipinski definition) is 4. The van der Waals surface area contributed by atoms with Gasteiger partial charge >= 0.3 is 0 Å². The quantitative estimate of drug-likeness (QED) is 0.851. The fraction of sp³-hybridized carbons (Fsp3) is 0.400. The molecule has 0 radical (unpaired) electrons. The fourth-order valence-corrected chi connectivity index (χ4v) is 3.50. The predicted octanol–water partition coefficient (Wildman–Crippen LogP) is 2.77. The van der Waals surface area contributed by atoms with Crippen LogP contribution < -0.4 is 5.73 Å². The SMILES string of the molecule is Cc1c(C(=O)CN)cc(CC2CCOCC2)n1-c1ccc(C#N)cc1. The van der Waals surface area contributed by atoms with Crippen molar-refractivity contribution in [3.63, 3.8) is 0 Å². The number of ether oxygens (including phenoxy) is 1. The highest BCUT2D eigenvalue weighted by Crippen LogP contribution is 2.27. The van der Waals surface area contributed by atoms with E-state index in [1.165, 1.54) is 0 Å². The van der Waals surface area contributed by atoms with Crippen LogP contribution in [0.1, 0.15) is 40.2 Å². The van der Waals surface area contributed by atoms with Crippen LogP contribution in [-0.4, -0.2) is 30.1 Å². The maximum Gasteiger partial charge on any atom is 0.178 e. The molecule has 1 aliphatic heterocycles. The van der Waals surface area contributed by atoms with Gasteiger partial charge in [0.25, 0.3) is 0 Å². The molecule has 2 N–H and O–H groups in total. The molecular weight excluding hydrogens is 314 g/mol. The largest absolute Gasteiger partial charge is 0.381 e. The lowest BCUT2D eigenvalue weighted by Gasteiger charge is -2.23. The zero-order valence-electron chi connectivity index (χ0n) is 14.5. The number of rotatable bonds is 5. The Balaban J connectivity index is 2.01. The molecule has 130 valence electrons. The summed E-state index contributed by atoms with van der Waals surface area (Å²) in [7, 11) is 0. The number of Topliss-reactive ketones (excluding diaryl/α,β-unsaturated/α-hetero) is 1. The van der Waals surface area contributed by atoms with Crippen molar-refractivity contribution in [2.75, 3.05) is 19.8 Å². The molecule has 1 fully saturated rings. The molecule has 0 amide bonds. The lowest BCUT2D eigenvalue weighted by molar-refractivity contribution is 0.0661. The van der Waals surface area contributed by atoms with E-state index >= 15 is 0 Å². The molecule has 25 heavy (non-hydrogen) atoms. The van der Waals surface area contributed by atoms with Crippen molar-refractivity contribution in [3.05, 3.63) is 52.8 Å². The van der Waals surface area contributed by atoms with Crippen LogP contribution in [0.25, 0.3) is 5.69 Å². The van der Waals surface area contributed by atoms with Crippen LogP contribution in [0.2, 0.25) is 0 Å². The molecule has 2 heterocycles.